The molecule has 0 aliphatic heterocycles. The minimum absolute atomic E-state index is 0.0221. The molecule has 3 N–H and O–H groups in total. The molecule has 3 unspecified atom stereocenters. The fourth-order valence-corrected chi connectivity index (χ4v) is 5.66. The summed E-state index contributed by atoms with van der Waals surface area (Å²) in [6.07, 6.45) is 8.93. The number of fused-ring (bicyclic) bond motifs is 1. The van der Waals surface area contributed by atoms with Gasteiger partial charge in [-0.05, 0) is 38.2 Å². The minimum atomic E-state index is -0.814. The van der Waals surface area contributed by atoms with E-state index >= 15 is 0 Å². The Labute approximate surface area is 197 Å². The number of Topliss-reactive ketones (excluding diaryl/α,β-unsaturated/α-hetero) is 1. The van der Waals surface area contributed by atoms with Gasteiger partial charge in [-0.15, -0.1) is 11.3 Å². The molecule has 0 spiro atoms. The second kappa shape index (κ2) is 11.8. The molecular weight excluding hydrogens is 448 g/mol. The summed E-state index contributed by atoms with van der Waals surface area (Å²) in [6, 6.07) is 7.96. The van der Waals surface area contributed by atoms with Crippen molar-refractivity contribution in [1.29, 1.82) is 0 Å². The lowest BCUT2D eigenvalue weighted by Crippen LogP contribution is -2.19. The molecule has 1 saturated carbocycles. The largest absolute Gasteiger partial charge is 0.481 e. The fraction of sp³-hybridized carbons (Fsp3) is 0.440. The van der Waals surface area contributed by atoms with Crippen molar-refractivity contribution in [1.82, 2.24) is 0 Å². The molecule has 0 amide bonds. The van der Waals surface area contributed by atoms with E-state index in [4.69, 9.17) is 16.7 Å². The van der Waals surface area contributed by atoms with E-state index in [2.05, 4.69) is 0 Å². The third-order valence-corrected chi connectivity index (χ3v) is 7.65. The molecule has 1 aromatic carbocycles. The molecule has 0 saturated heterocycles. The fourth-order valence-electron chi connectivity index (χ4n) is 4.12. The van der Waals surface area contributed by atoms with Gasteiger partial charge in [0.15, 0.2) is 0 Å². The van der Waals surface area contributed by atoms with Crippen LogP contribution in [0.15, 0.2) is 48.6 Å². The molecule has 4 atom stereocenters. The zero-order valence-electron chi connectivity index (χ0n) is 17.8. The van der Waals surface area contributed by atoms with Crippen LogP contribution in [0.25, 0.3) is 10.1 Å². The topological polar surface area (TPSA) is 94.8 Å². The third-order valence-electron chi connectivity index (χ3n) is 5.88. The van der Waals surface area contributed by atoms with Gasteiger partial charge < -0.3 is 15.3 Å². The number of unbranched alkanes of at least 4 members (excludes halogenated alkanes) is 1. The SMILES string of the molecule is O=C(O)CCC/C=C\CC1C(=O)CC(O)C1/C=C/[C@@H](O)CCc1sc2ccccc2c1Cl. The molecule has 0 bridgehead atoms. The molecule has 172 valence electrons. The number of aliphatic hydroxyl groups is 2. The minimum Gasteiger partial charge on any atom is -0.481 e. The smallest absolute Gasteiger partial charge is 0.303 e. The Balaban J connectivity index is 1.53. The van der Waals surface area contributed by atoms with Crippen molar-refractivity contribution in [2.45, 2.75) is 57.2 Å². The van der Waals surface area contributed by atoms with Gasteiger partial charge in [0.05, 0.1) is 17.2 Å². The number of aliphatic hydroxyl groups excluding tert-OH is 2. The standard InChI is InChI=1S/C25H29ClO5S/c26-25-19-8-5-6-9-22(19)32-23(25)14-12-16(27)11-13-18-17(20(28)15-21(18)29)7-3-1-2-4-10-24(30)31/h1,3,5-6,8-9,11,13,16-18,21,27,29H,2,4,7,10,12,14-15H2,(H,30,31)/b3-1-,13-11+/t16-,17?,18?,21?/m1/s1. The van der Waals surface area contributed by atoms with Gasteiger partial charge in [0.25, 0.3) is 0 Å². The Kier molecular flexibility index (Phi) is 9.05. The van der Waals surface area contributed by atoms with E-state index in [1.165, 1.54) is 0 Å². The van der Waals surface area contributed by atoms with Crippen LogP contribution in [0.2, 0.25) is 5.02 Å². The van der Waals surface area contributed by atoms with Crippen molar-refractivity contribution < 1.29 is 24.9 Å². The first kappa shape index (κ1) is 24.6. The van der Waals surface area contributed by atoms with Gasteiger partial charge in [-0.3, -0.25) is 9.59 Å². The highest BCUT2D eigenvalue weighted by Crippen LogP contribution is 2.36. The van der Waals surface area contributed by atoms with Crippen LogP contribution in [0.1, 0.15) is 43.4 Å². The predicted molar refractivity (Wildman–Crippen MR) is 128 cm³/mol. The van der Waals surface area contributed by atoms with Gasteiger partial charge in [-0.2, -0.15) is 0 Å². The molecule has 1 aliphatic rings. The number of hydrogen-bond acceptors (Lipinski definition) is 5. The molecule has 1 heterocycles. The lowest BCUT2D eigenvalue weighted by atomic mass is 9.90. The molecule has 0 radical (unpaired) electrons. The van der Waals surface area contributed by atoms with E-state index in [-0.39, 0.29) is 30.5 Å². The average molecular weight is 477 g/mol. The Morgan fingerprint density at radius 2 is 2.06 bits per heavy atom. The highest BCUT2D eigenvalue weighted by molar-refractivity contribution is 7.19. The number of thiophene rings is 1. The lowest BCUT2D eigenvalue weighted by Gasteiger charge is -2.16. The van der Waals surface area contributed by atoms with Crippen molar-refractivity contribution in [3.05, 3.63) is 58.5 Å². The van der Waals surface area contributed by atoms with E-state index in [1.807, 2.05) is 36.4 Å². The molecule has 1 aromatic heterocycles. The average Bonchev–Trinajstić information content (AvgIpc) is 3.22. The van der Waals surface area contributed by atoms with Crippen molar-refractivity contribution in [3.63, 3.8) is 0 Å². The van der Waals surface area contributed by atoms with Crippen LogP contribution in [0.3, 0.4) is 0 Å². The Morgan fingerprint density at radius 3 is 2.81 bits per heavy atom. The summed E-state index contributed by atoms with van der Waals surface area (Å²) in [6.45, 7) is 0. The number of allylic oxidation sites excluding steroid dienone is 2. The summed E-state index contributed by atoms with van der Waals surface area (Å²) in [5.74, 6) is -1.44. The van der Waals surface area contributed by atoms with Crippen molar-refractivity contribution >= 4 is 44.8 Å². The number of halogens is 1. The van der Waals surface area contributed by atoms with Crippen LogP contribution in [0.5, 0.6) is 0 Å². The van der Waals surface area contributed by atoms with Gasteiger partial charge >= 0.3 is 5.97 Å². The molecule has 3 rings (SSSR count). The van der Waals surface area contributed by atoms with E-state index in [0.717, 1.165) is 20.0 Å². The first-order chi connectivity index (χ1) is 15.4. The third kappa shape index (κ3) is 6.51. The van der Waals surface area contributed by atoms with Crippen LogP contribution < -0.4 is 0 Å². The Morgan fingerprint density at radius 1 is 1.28 bits per heavy atom. The number of aliphatic carboxylic acids is 1. The molecule has 2 aromatic rings. The van der Waals surface area contributed by atoms with E-state index in [1.54, 1.807) is 23.5 Å². The number of benzene rings is 1. The maximum atomic E-state index is 12.3. The van der Waals surface area contributed by atoms with E-state index in [0.29, 0.717) is 32.1 Å². The second-order valence-corrected chi connectivity index (χ2v) is 9.76. The van der Waals surface area contributed by atoms with Crippen LogP contribution in [0.4, 0.5) is 0 Å². The van der Waals surface area contributed by atoms with Crippen molar-refractivity contribution in [2.75, 3.05) is 0 Å². The quantitative estimate of drug-likeness (QED) is 0.307. The highest BCUT2D eigenvalue weighted by Gasteiger charge is 2.39. The normalized spacial score (nSPS) is 22.5. The maximum absolute atomic E-state index is 12.3. The zero-order chi connectivity index (χ0) is 23.1. The molecule has 1 fully saturated rings. The van der Waals surface area contributed by atoms with Crippen LogP contribution in [0, 0.1) is 11.8 Å². The highest BCUT2D eigenvalue weighted by atomic mass is 35.5. The first-order valence-corrected chi connectivity index (χ1v) is 12.2. The van der Waals surface area contributed by atoms with Gasteiger partial charge in [0, 0.05) is 39.6 Å². The number of carboxylic acid groups (broad SMARTS) is 1. The number of carbonyl (C=O) groups is 2. The number of aryl methyl sites for hydroxylation is 1. The monoisotopic (exact) mass is 476 g/mol. The van der Waals surface area contributed by atoms with Crippen LogP contribution in [-0.4, -0.2) is 39.3 Å². The number of carboxylic acids is 1. The summed E-state index contributed by atoms with van der Waals surface area (Å²) in [5.41, 5.74) is 0. The van der Waals surface area contributed by atoms with Crippen molar-refractivity contribution in [3.8, 4) is 0 Å². The van der Waals surface area contributed by atoms with Crippen LogP contribution in [-0.2, 0) is 16.0 Å². The predicted octanol–water partition coefficient (Wildman–Crippen LogP) is 5.17. The Hall–Kier alpha value is -1.99. The summed E-state index contributed by atoms with van der Waals surface area (Å²) in [7, 11) is 0. The van der Waals surface area contributed by atoms with Gasteiger partial charge in [-0.25, -0.2) is 0 Å². The summed E-state index contributed by atoms with van der Waals surface area (Å²) in [4.78, 5) is 23.9. The molecular formula is C25H29ClO5S. The number of ketones is 1. The number of hydrogen-bond donors (Lipinski definition) is 3. The van der Waals surface area contributed by atoms with E-state index < -0.39 is 18.2 Å². The lowest BCUT2D eigenvalue weighted by molar-refractivity contribution is -0.137. The maximum Gasteiger partial charge on any atom is 0.303 e. The van der Waals surface area contributed by atoms with E-state index in [9.17, 15) is 19.8 Å². The molecule has 1 aliphatic carbocycles. The number of rotatable bonds is 11. The molecule has 32 heavy (non-hydrogen) atoms. The van der Waals surface area contributed by atoms with Gasteiger partial charge in [0.2, 0.25) is 0 Å². The van der Waals surface area contributed by atoms with Gasteiger partial charge in [-0.1, -0.05) is 54.1 Å². The summed E-state index contributed by atoms with van der Waals surface area (Å²) >= 11 is 8.11. The zero-order valence-corrected chi connectivity index (χ0v) is 19.4. The molecule has 5 nitrogen and oxygen atoms in total. The van der Waals surface area contributed by atoms with Crippen LogP contribution >= 0.6 is 22.9 Å². The summed E-state index contributed by atoms with van der Waals surface area (Å²) in [5, 5.41) is 31.2. The summed E-state index contributed by atoms with van der Waals surface area (Å²) < 4.78 is 1.13. The Bertz CT molecular complexity index is 995. The second-order valence-electron chi connectivity index (χ2n) is 8.24. The molecule has 7 heteroatoms. The number of carbonyl (C=O) groups excluding carboxylic acids is 1. The first-order valence-electron chi connectivity index (χ1n) is 11.0. The van der Waals surface area contributed by atoms with Gasteiger partial charge in [0.1, 0.15) is 5.78 Å². The van der Waals surface area contributed by atoms with Crippen molar-refractivity contribution in [2.24, 2.45) is 11.8 Å².